The maximum Gasteiger partial charge on any atom is 0.277 e. The van der Waals surface area contributed by atoms with Gasteiger partial charge in [0, 0.05) is 16.9 Å². The third-order valence-electron chi connectivity index (χ3n) is 4.49. The Morgan fingerprint density at radius 2 is 2.00 bits per heavy atom. The third-order valence-corrected chi connectivity index (χ3v) is 5.80. The number of halogens is 1. The van der Waals surface area contributed by atoms with Crippen LogP contribution in [0.2, 0.25) is 0 Å². The average Bonchev–Trinajstić information content (AvgIpc) is 3.25. The lowest BCUT2D eigenvalue weighted by molar-refractivity contribution is -0.114. The summed E-state index contributed by atoms with van der Waals surface area (Å²) in [5, 5.41) is 11.8. The molecule has 0 spiro atoms. The van der Waals surface area contributed by atoms with E-state index >= 15 is 0 Å². The lowest BCUT2D eigenvalue weighted by Crippen LogP contribution is -2.30. The molecule has 0 saturated heterocycles. The van der Waals surface area contributed by atoms with Crippen LogP contribution in [0.5, 0.6) is 17.4 Å². The van der Waals surface area contributed by atoms with Crippen molar-refractivity contribution in [1.29, 1.82) is 0 Å². The van der Waals surface area contributed by atoms with E-state index in [2.05, 4.69) is 4.99 Å². The smallest absolute Gasteiger partial charge is 0.277 e. The zero-order chi connectivity index (χ0) is 20.1. The minimum Gasteiger partial charge on any atom is -0.493 e. The molecule has 9 heteroatoms. The monoisotopic (exact) mass is 426 g/mol. The molecule has 3 heterocycles. The molecular weight excluding hydrogens is 415 g/mol. The summed E-state index contributed by atoms with van der Waals surface area (Å²) < 4.78 is 26.3. The summed E-state index contributed by atoms with van der Waals surface area (Å²) in [7, 11) is 0. The number of ether oxygens (including phenoxy) is 2. The molecule has 3 aromatic rings. The molecule has 0 fully saturated rings. The summed E-state index contributed by atoms with van der Waals surface area (Å²) in [6.45, 7) is 0.121. The first-order valence-electron chi connectivity index (χ1n) is 8.47. The largest absolute Gasteiger partial charge is 0.493 e. The lowest BCUT2D eigenvalue weighted by Gasteiger charge is -2.06. The second kappa shape index (κ2) is 6.64. The molecule has 144 valence electrons. The number of carbonyl (C=O) groups is 1. The van der Waals surface area contributed by atoms with Gasteiger partial charge >= 0.3 is 0 Å². The van der Waals surface area contributed by atoms with Crippen molar-refractivity contribution in [2.75, 3.05) is 6.79 Å². The maximum atomic E-state index is 14.2. The zero-order valence-electron chi connectivity index (χ0n) is 14.6. The molecule has 2 aromatic carbocycles. The fourth-order valence-corrected chi connectivity index (χ4v) is 4.42. The highest BCUT2D eigenvalue weighted by molar-refractivity contribution is 7.73. The van der Waals surface area contributed by atoms with E-state index in [-0.39, 0.29) is 27.9 Å². The van der Waals surface area contributed by atoms with E-state index < -0.39 is 11.7 Å². The zero-order valence-corrected chi connectivity index (χ0v) is 16.2. The van der Waals surface area contributed by atoms with Crippen LogP contribution >= 0.6 is 23.6 Å². The number of fused-ring (bicyclic) bond motifs is 2. The van der Waals surface area contributed by atoms with Gasteiger partial charge in [0.2, 0.25) is 12.7 Å². The molecule has 29 heavy (non-hydrogen) atoms. The van der Waals surface area contributed by atoms with Crippen LogP contribution in [0.1, 0.15) is 4.88 Å². The van der Waals surface area contributed by atoms with Gasteiger partial charge in [-0.15, -0.1) is 11.3 Å². The van der Waals surface area contributed by atoms with Crippen LogP contribution in [-0.2, 0) is 4.79 Å². The normalized spacial score (nSPS) is 15.8. The third kappa shape index (κ3) is 2.95. The lowest BCUT2D eigenvalue weighted by atomic mass is 10.1. The highest BCUT2D eigenvalue weighted by atomic mass is 32.1. The number of aromatic nitrogens is 1. The maximum absolute atomic E-state index is 14.2. The molecule has 6 nitrogen and oxygen atoms in total. The standard InChI is InChI=1S/C20H11FN2O4S2/c21-12-3-1-2-4-14(12)23-19(25)17(29-20(23)28)7-11-5-10-6-15-16(27-9-26-15)8-13(10)22-18(11)24/h1-8,25H,9H2/b11-7-. The van der Waals surface area contributed by atoms with E-state index in [4.69, 9.17) is 21.7 Å². The molecule has 2 aliphatic heterocycles. The Labute approximate surface area is 172 Å². The molecule has 0 unspecified atom stereocenters. The van der Waals surface area contributed by atoms with Crippen LogP contribution in [0, 0.1) is 9.77 Å². The number of benzene rings is 2. The molecule has 1 amide bonds. The molecule has 0 bridgehead atoms. The molecule has 5 rings (SSSR count). The summed E-state index contributed by atoms with van der Waals surface area (Å²) in [5.74, 6) is -0.106. The highest BCUT2D eigenvalue weighted by Crippen LogP contribution is 2.33. The molecule has 0 atom stereocenters. The number of rotatable bonds is 2. The van der Waals surface area contributed by atoms with E-state index in [9.17, 15) is 14.3 Å². The van der Waals surface area contributed by atoms with Gasteiger partial charge in [-0.1, -0.05) is 12.1 Å². The van der Waals surface area contributed by atoms with Gasteiger partial charge in [0.05, 0.1) is 15.9 Å². The van der Waals surface area contributed by atoms with Gasteiger partial charge < -0.3 is 14.6 Å². The number of nitrogens with zero attached hydrogens (tertiary/aromatic N) is 2. The van der Waals surface area contributed by atoms with Gasteiger partial charge in [-0.25, -0.2) is 9.38 Å². The van der Waals surface area contributed by atoms with E-state index in [0.29, 0.717) is 27.0 Å². The van der Waals surface area contributed by atoms with Crippen LogP contribution in [0.25, 0.3) is 17.8 Å². The Hall–Kier alpha value is -3.30. The van der Waals surface area contributed by atoms with Crippen molar-refractivity contribution >= 4 is 41.6 Å². The van der Waals surface area contributed by atoms with Crippen LogP contribution in [-0.4, -0.2) is 22.4 Å². The minimum atomic E-state index is -0.517. The molecule has 1 N–H and O–H groups in total. The summed E-state index contributed by atoms with van der Waals surface area (Å²) in [6, 6.07) is 9.39. The fourth-order valence-electron chi connectivity index (χ4n) is 3.13. The number of carbonyl (C=O) groups excluding carboxylic acids is 1. The van der Waals surface area contributed by atoms with Crippen LogP contribution < -0.4 is 20.0 Å². The SMILES string of the molecule is O=C1N=c2cc3c(cc2=C/C1=C/c1sc(=S)n(-c2ccccc2F)c1O)OCO3. The molecule has 0 aliphatic carbocycles. The van der Waals surface area contributed by atoms with Crippen LogP contribution in [0.3, 0.4) is 0 Å². The van der Waals surface area contributed by atoms with Crippen molar-refractivity contribution in [2.24, 2.45) is 4.99 Å². The number of amides is 1. The Bertz CT molecular complexity index is 1400. The van der Waals surface area contributed by atoms with Crippen molar-refractivity contribution in [1.82, 2.24) is 4.57 Å². The average molecular weight is 426 g/mol. The van der Waals surface area contributed by atoms with E-state index in [1.54, 1.807) is 30.3 Å². The Morgan fingerprint density at radius 1 is 1.24 bits per heavy atom. The van der Waals surface area contributed by atoms with Crippen molar-refractivity contribution in [3.05, 3.63) is 67.2 Å². The second-order valence-corrected chi connectivity index (χ2v) is 7.94. The second-order valence-electron chi connectivity index (χ2n) is 6.27. The van der Waals surface area contributed by atoms with E-state index in [0.717, 1.165) is 11.3 Å². The molecule has 0 radical (unpaired) electrons. The summed E-state index contributed by atoms with van der Waals surface area (Å²) in [6.07, 6.45) is 3.15. The molecular formula is C20H11FN2O4S2. The van der Waals surface area contributed by atoms with Gasteiger partial charge in [-0.3, -0.25) is 9.36 Å². The van der Waals surface area contributed by atoms with Crippen molar-refractivity contribution < 1.29 is 23.8 Å². The first-order chi connectivity index (χ1) is 14.0. The van der Waals surface area contributed by atoms with E-state index in [1.165, 1.54) is 22.8 Å². The minimum absolute atomic E-state index is 0.121. The number of hydrogen-bond donors (Lipinski definition) is 1. The fraction of sp³-hybridized carbons (Fsp3) is 0.0500. The van der Waals surface area contributed by atoms with Crippen molar-refractivity contribution in [3.63, 3.8) is 0 Å². The molecule has 2 aliphatic rings. The van der Waals surface area contributed by atoms with Gasteiger partial charge in [0.15, 0.2) is 15.5 Å². The molecule has 0 saturated carbocycles. The number of aromatic hydroxyl groups is 1. The number of thiazole rings is 1. The van der Waals surface area contributed by atoms with Crippen molar-refractivity contribution in [3.8, 4) is 23.1 Å². The van der Waals surface area contributed by atoms with Gasteiger partial charge in [0.1, 0.15) is 5.82 Å². The summed E-state index contributed by atoms with van der Waals surface area (Å²) in [5.41, 5.74) is 0.404. The number of para-hydroxylation sites is 1. The van der Waals surface area contributed by atoms with Crippen LogP contribution in [0.15, 0.2) is 47.0 Å². The Kier molecular flexibility index (Phi) is 4.07. The van der Waals surface area contributed by atoms with E-state index in [1.807, 2.05) is 0 Å². The number of hydrogen-bond acceptors (Lipinski definition) is 6. The summed E-state index contributed by atoms with van der Waals surface area (Å²) in [4.78, 5) is 16.9. The summed E-state index contributed by atoms with van der Waals surface area (Å²) >= 11 is 6.36. The predicted octanol–water partition coefficient (Wildman–Crippen LogP) is 2.87. The van der Waals surface area contributed by atoms with Gasteiger partial charge in [0.25, 0.3) is 5.91 Å². The quantitative estimate of drug-likeness (QED) is 0.504. The molecule has 1 aromatic heterocycles. The Balaban J connectivity index is 1.63. The van der Waals surface area contributed by atoms with Gasteiger partial charge in [-0.2, -0.15) is 0 Å². The van der Waals surface area contributed by atoms with Crippen molar-refractivity contribution in [2.45, 2.75) is 0 Å². The topological polar surface area (TPSA) is 73.1 Å². The first-order valence-corrected chi connectivity index (χ1v) is 9.69. The van der Waals surface area contributed by atoms with Gasteiger partial charge in [-0.05, 0) is 42.6 Å². The Morgan fingerprint density at radius 3 is 2.79 bits per heavy atom. The highest BCUT2D eigenvalue weighted by Gasteiger charge is 2.19. The van der Waals surface area contributed by atoms with Crippen LogP contribution in [0.4, 0.5) is 4.39 Å². The first kappa shape index (κ1) is 17.8. The predicted molar refractivity (Wildman–Crippen MR) is 107 cm³/mol.